The molecule has 0 radical (unpaired) electrons. The Hall–Kier alpha value is -1.78. The molecule has 0 aliphatic rings. The molecule has 0 bridgehead atoms. The smallest absolute Gasteiger partial charge is 0.407 e. The molecule has 0 aliphatic carbocycles. The van der Waals surface area contributed by atoms with Crippen molar-refractivity contribution in [3.05, 3.63) is 29.6 Å². The standard InChI is InChI=1S/C17H26FNO3/c1-16(2,3)13-8-7-12(11-14(13)18)21-10-9-19-15(20)22-17(4,5)6/h7-8,11H,9-10H2,1-6H3,(H,19,20). The zero-order valence-corrected chi connectivity index (χ0v) is 14.2. The number of hydrogen-bond donors (Lipinski definition) is 1. The molecule has 1 N–H and O–H groups in total. The maximum absolute atomic E-state index is 14.0. The van der Waals surface area contributed by atoms with E-state index in [4.69, 9.17) is 9.47 Å². The summed E-state index contributed by atoms with van der Waals surface area (Å²) in [6.07, 6.45) is -0.495. The normalized spacial score (nSPS) is 12.0. The highest BCUT2D eigenvalue weighted by atomic mass is 19.1. The van der Waals surface area contributed by atoms with Gasteiger partial charge in [-0.2, -0.15) is 0 Å². The van der Waals surface area contributed by atoms with Crippen molar-refractivity contribution in [3.63, 3.8) is 0 Å². The number of benzene rings is 1. The van der Waals surface area contributed by atoms with Gasteiger partial charge in [-0.1, -0.05) is 26.8 Å². The van der Waals surface area contributed by atoms with E-state index in [-0.39, 0.29) is 24.4 Å². The van der Waals surface area contributed by atoms with Crippen LogP contribution in [0.15, 0.2) is 18.2 Å². The zero-order valence-electron chi connectivity index (χ0n) is 14.2. The Balaban J connectivity index is 2.43. The number of hydrogen-bond acceptors (Lipinski definition) is 3. The minimum Gasteiger partial charge on any atom is -0.492 e. The van der Waals surface area contributed by atoms with E-state index >= 15 is 0 Å². The van der Waals surface area contributed by atoms with E-state index in [9.17, 15) is 9.18 Å². The molecule has 0 heterocycles. The molecule has 5 heteroatoms. The first-order valence-corrected chi connectivity index (χ1v) is 7.39. The largest absolute Gasteiger partial charge is 0.492 e. The lowest BCUT2D eigenvalue weighted by molar-refractivity contribution is 0.0520. The molecule has 1 rings (SSSR count). The van der Waals surface area contributed by atoms with Crippen LogP contribution in [0.3, 0.4) is 0 Å². The van der Waals surface area contributed by atoms with Crippen molar-refractivity contribution in [3.8, 4) is 5.75 Å². The van der Waals surface area contributed by atoms with Gasteiger partial charge in [0.1, 0.15) is 23.8 Å². The van der Waals surface area contributed by atoms with Gasteiger partial charge in [0.15, 0.2) is 0 Å². The molecule has 0 saturated heterocycles. The number of rotatable bonds is 4. The van der Waals surface area contributed by atoms with Gasteiger partial charge in [-0.15, -0.1) is 0 Å². The Bertz CT molecular complexity index is 516. The maximum atomic E-state index is 14.0. The molecule has 0 aromatic heterocycles. The molecule has 0 unspecified atom stereocenters. The van der Waals surface area contributed by atoms with Crippen molar-refractivity contribution in [2.75, 3.05) is 13.2 Å². The van der Waals surface area contributed by atoms with E-state index in [1.165, 1.54) is 6.07 Å². The molecule has 1 amide bonds. The quantitative estimate of drug-likeness (QED) is 0.854. The minimum atomic E-state index is -0.531. The molecule has 124 valence electrons. The number of alkyl carbamates (subject to hydrolysis) is 1. The number of nitrogens with one attached hydrogen (secondary N) is 1. The molecule has 0 saturated carbocycles. The van der Waals surface area contributed by atoms with Crippen LogP contribution in [0.5, 0.6) is 5.75 Å². The first kappa shape index (κ1) is 18.3. The summed E-state index contributed by atoms with van der Waals surface area (Å²) in [5, 5.41) is 2.58. The topological polar surface area (TPSA) is 47.6 Å². The van der Waals surface area contributed by atoms with Crippen molar-refractivity contribution in [2.45, 2.75) is 52.6 Å². The van der Waals surface area contributed by atoms with Gasteiger partial charge in [-0.25, -0.2) is 9.18 Å². The maximum Gasteiger partial charge on any atom is 0.407 e. The minimum absolute atomic E-state index is 0.244. The lowest BCUT2D eigenvalue weighted by Crippen LogP contribution is -2.34. The van der Waals surface area contributed by atoms with Gasteiger partial charge in [-0.05, 0) is 37.8 Å². The SMILES string of the molecule is CC(C)(C)OC(=O)NCCOc1ccc(C(C)(C)C)c(F)c1. The molecule has 1 aromatic rings. The summed E-state index contributed by atoms with van der Waals surface area (Å²) in [7, 11) is 0. The van der Waals surface area contributed by atoms with Gasteiger partial charge in [0, 0.05) is 6.07 Å². The molecule has 4 nitrogen and oxygen atoms in total. The second-order valence-corrected chi connectivity index (χ2v) is 7.17. The van der Waals surface area contributed by atoms with Crippen molar-refractivity contribution in [2.24, 2.45) is 0 Å². The van der Waals surface area contributed by atoms with E-state index in [1.54, 1.807) is 32.9 Å². The monoisotopic (exact) mass is 311 g/mol. The van der Waals surface area contributed by atoms with E-state index in [0.29, 0.717) is 11.3 Å². The Morgan fingerprint density at radius 1 is 1.18 bits per heavy atom. The van der Waals surface area contributed by atoms with Gasteiger partial charge >= 0.3 is 6.09 Å². The third kappa shape index (κ3) is 6.33. The van der Waals surface area contributed by atoms with Crippen LogP contribution in [0.4, 0.5) is 9.18 Å². The third-order valence-corrected chi connectivity index (χ3v) is 2.79. The number of halogens is 1. The number of ether oxygens (including phenoxy) is 2. The van der Waals surface area contributed by atoms with E-state index in [0.717, 1.165) is 0 Å². The van der Waals surface area contributed by atoms with Crippen LogP contribution in [0.25, 0.3) is 0 Å². The first-order valence-electron chi connectivity index (χ1n) is 7.39. The predicted octanol–water partition coefficient (Wildman–Crippen LogP) is 4.03. The molecular formula is C17H26FNO3. The predicted molar refractivity (Wildman–Crippen MR) is 84.8 cm³/mol. The molecular weight excluding hydrogens is 285 g/mol. The Morgan fingerprint density at radius 3 is 2.32 bits per heavy atom. The Kier molecular flexibility index (Phi) is 5.80. The molecule has 0 aliphatic heterocycles. The Labute approximate surface area is 132 Å². The number of carbonyl (C=O) groups excluding carboxylic acids is 1. The van der Waals surface area contributed by atoms with Crippen molar-refractivity contribution >= 4 is 6.09 Å². The van der Waals surface area contributed by atoms with Gasteiger partial charge in [-0.3, -0.25) is 0 Å². The summed E-state index contributed by atoms with van der Waals surface area (Å²) in [6.45, 7) is 11.8. The summed E-state index contributed by atoms with van der Waals surface area (Å²) in [5.74, 6) is 0.154. The third-order valence-electron chi connectivity index (χ3n) is 2.79. The first-order chi connectivity index (χ1) is 9.99. The van der Waals surface area contributed by atoms with Gasteiger partial charge < -0.3 is 14.8 Å². The number of amides is 1. The summed E-state index contributed by atoms with van der Waals surface area (Å²) in [5.41, 5.74) is -0.135. The molecule has 1 aromatic carbocycles. The van der Waals surface area contributed by atoms with Crippen molar-refractivity contribution in [1.82, 2.24) is 5.32 Å². The second-order valence-electron chi connectivity index (χ2n) is 7.17. The lowest BCUT2D eigenvalue weighted by Gasteiger charge is -2.20. The highest BCUT2D eigenvalue weighted by molar-refractivity contribution is 5.67. The summed E-state index contributed by atoms with van der Waals surface area (Å²) in [6, 6.07) is 4.83. The van der Waals surface area contributed by atoms with Crippen LogP contribution in [-0.4, -0.2) is 24.8 Å². The Morgan fingerprint density at radius 2 is 1.82 bits per heavy atom. The zero-order chi connectivity index (χ0) is 17.0. The lowest BCUT2D eigenvalue weighted by atomic mass is 9.87. The fourth-order valence-corrected chi connectivity index (χ4v) is 1.83. The fraction of sp³-hybridized carbons (Fsp3) is 0.588. The number of carbonyl (C=O) groups is 1. The van der Waals surface area contributed by atoms with Crippen molar-refractivity contribution < 1.29 is 18.7 Å². The summed E-state index contributed by atoms with van der Waals surface area (Å²) >= 11 is 0. The second kappa shape index (κ2) is 6.99. The van der Waals surface area contributed by atoms with Crippen LogP contribution in [0.1, 0.15) is 47.1 Å². The average Bonchev–Trinajstić information content (AvgIpc) is 2.31. The summed E-state index contributed by atoms with van der Waals surface area (Å²) in [4.78, 5) is 11.4. The molecule has 22 heavy (non-hydrogen) atoms. The van der Waals surface area contributed by atoms with Gasteiger partial charge in [0.05, 0.1) is 6.54 Å². The van der Waals surface area contributed by atoms with Crippen LogP contribution >= 0.6 is 0 Å². The molecule has 0 atom stereocenters. The fourth-order valence-electron chi connectivity index (χ4n) is 1.83. The van der Waals surface area contributed by atoms with Crippen molar-refractivity contribution in [1.29, 1.82) is 0 Å². The van der Waals surface area contributed by atoms with Crippen LogP contribution in [0.2, 0.25) is 0 Å². The van der Waals surface area contributed by atoms with E-state index in [2.05, 4.69) is 5.32 Å². The molecule has 0 spiro atoms. The van der Waals surface area contributed by atoms with Gasteiger partial charge in [0.2, 0.25) is 0 Å². The van der Waals surface area contributed by atoms with Gasteiger partial charge in [0.25, 0.3) is 0 Å². The summed E-state index contributed by atoms with van der Waals surface area (Å²) < 4.78 is 24.5. The average molecular weight is 311 g/mol. The van der Waals surface area contributed by atoms with Crippen LogP contribution in [0, 0.1) is 5.82 Å². The van der Waals surface area contributed by atoms with E-state index < -0.39 is 11.7 Å². The van der Waals surface area contributed by atoms with Crippen LogP contribution in [-0.2, 0) is 10.2 Å². The van der Waals surface area contributed by atoms with Crippen LogP contribution < -0.4 is 10.1 Å². The highest BCUT2D eigenvalue weighted by Crippen LogP contribution is 2.27. The highest BCUT2D eigenvalue weighted by Gasteiger charge is 2.19. The van der Waals surface area contributed by atoms with E-state index in [1.807, 2.05) is 20.8 Å². The molecule has 0 fully saturated rings.